The Morgan fingerprint density at radius 1 is 1.35 bits per heavy atom. The van der Waals surface area contributed by atoms with Crippen molar-refractivity contribution in [3.05, 3.63) is 29.1 Å². The van der Waals surface area contributed by atoms with Crippen molar-refractivity contribution < 1.29 is 4.74 Å². The van der Waals surface area contributed by atoms with Gasteiger partial charge < -0.3 is 10.1 Å². The van der Waals surface area contributed by atoms with Crippen LogP contribution in [0.25, 0.3) is 0 Å². The fourth-order valence-electron chi connectivity index (χ4n) is 1.88. The Kier molecular flexibility index (Phi) is 6.16. The van der Waals surface area contributed by atoms with E-state index >= 15 is 0 Å². The molecule has 1 rings (SSSR count). The van der Waals surface area contributed by atoms with E-state index in [0.717, 1.165) is 25.3 Å². The van der Waals surface area contributed by atoms with Crippen molar-refractivity contribution in [1.29, 1.82) is 0 Å². The predicted molar refractivity (Wildman–Crippen MR) is 71.2 cm³/mol. The molecule has 0 saturated heterocycles. The molecule has 1 aromatic heterocycles. The molecular formula is C14H24N2O. The predicted octanol–water partition coefficient (Wildman–Crippen LogP) is 2.78. The summed E-state index contributed by atoms with van der Waals surface area (Å²) in [5.41, 5.74) is 3.55. The number of nitrogens with zero attached hydrogens (tertiary/aromatic N) is 1. The molecular weight excluding hydrogens is 212 g/mol. The van der Waals surface area contributed by atoms with Crippen LogP contribution >= 0.6 is 0 Å². The van der Waals surface area contributed by atoms with E-state index in [4.69, 9.17) is 4.74 Å². The highest BCUT2D eigenvalue weighted by atomic mass is 16.5. The van der Waals surface area contributed by atoms with Gasteiger partial charge in [-0.05, 0) is 44.9 Å². The van der Waals surface area contributed by atoms with Crippen molar-refractivity contribution in [3.63, 3.8) is 0 Å². The number of ether oxygens (including phenoxy) is 1. The van der Waals surface area contributed by atoms with E-state index < -0.39 is 0 Å². The standard InChI is InChI=1S/C14H24N2O/c1-5-7-15-13(10-17-6-2)14-12(4)8-11(3)9-16-14/h8-9,13,15H,5-7,10H2,1-4H3. The topological polar surface area (TPSA) is 34.1 Å². The quantitative estimate of drug-likeness (QED) is 0.790. The number of hydrogen-bond donors (Lipinski definition) is 1. The maximum Gasteiger partial charge on any atom is 0.0735 e. The molecule has 3 nitrogen and oxygen atoms in total. The van der Waals surface area contributed by atoms with Crippen LogP contribution in [-0.4, -0.2) is 24.7 Å². The molecule has 0 aliphatic heterocycles. The van der Waals surface area contributed by atoms with Gasteiger partial charge in [0.15, 0.2) is 0 Å². The first kappa shape index (κ1) is 14.1. The second kappa shape index (κ2) is 7.41. The van der Waals surface area contributed by atoms with Crippen molar-refractivity contribution in [2.75, 3.05) is 19.8 Å². The number of nitrogens with one attached hydrogen (secondary N) is 1. The largest absolute Gasteiger partial charge is 0.380 e. The molecule has 0 spiro atoms. The fourth-order valence-corrected chi connectivity index (χ4v) is 1.88. The molecule has 17 heavy (non-hydrogen) atoms. The summed E-state index contributed by atoms with van der Waals surface area (Å²) in [6, 6.07) is 2.38. The average molecular weight is 236 g/mol. The van der Waals surface area contributed by atoms with E-state index in [0.29, 0.717) is 6.61 Å². The Hall–Kier alpha value is -0.930. The lowest BCUT2D eigenvalue weighted by atomic mass is 10.1. The van der Waals surface area contributed by atoms with Gasteiger partial charge in [-0.15, -0.1) is 0 Å². The lowest BCUT2D eigenvalue weighted by molar-refractivity contribution is 0.121. The Morgan fingerprint density at radius 3 is 2.71 bits per heavy atom. The van der Waals surface area contributed by atoms with Crippen LogP contribution in [0.4, 0.5) is 0 Å². The maximum absolute atomic E-state index is 5.53. The molecule has 0 amide bonds. The molecule has 0 bridgehead atoms. The molecule has 0 fully saturated rings. The van der Waals surface area contributed by atoms with E-state index in [2.05, 4.69) is 37.1 Å². The van der Waals surface area contributed by atoms with Crippen LogP contribution < -0.4 is 5.32 Å². The van der Waals surface area contributed by atoms with Crippen LogP contribution in [0.15, 0.2) is 12.3 Å². The van der Waals surface area contributed by atoms with Gasteiger partial charge in [0.2, 0.25) is 0 Å². The summed E-state index contributed by atoms with van der Waals surface area (Å²) in [5.74, 6) is 0. The minimum atomic E-state index is 0.204. The van der Waals surface area contributed by atoms with Crippen LogP contribution in [0.3, 0.4) is 0 Å². The third-order valence-corrected chi connectivity index (χ3v) is 2.71. The highest BCUT2D eigenvalue weighted by molar-refractivity contribution is 5.25. The molecule has 0 aliphatic carbocycles. The van der Waals surface area contributed by atoms with Crippen molar-refractivity contribution in [3.8, 4) is 0 Å². The van der Waals surface area contributed by atoms with Gasteiger partial charge in [0.25, 0.3) is 0 Å². The number of aryl methyl sites for hydroxylation is 2. The van der Waals surface area contributed by atoms with Crippen molar-refractivity contribution in [1.82, 2.24) is 10.3 Å². The van der Waals surface area contributed by atoms with Crippen LogP contribution in [0.1, 0.15) is 43.1 Å². The zero-order valence-electron chi connectivity index (χ0n) is 11.4. The summed E-state index contributed by atoms with van der Waals surface area (Å²) in [7, 11) is 0. The van der Waals surface area contributed by atoms with E-state index in [1.807, 2.05) is 13.1 Å². The minimum Gasteiger partial charge on any atom is -0.380 e. The van der Waals surface area contributed by atoms with Crippen LogP contribution in [0.5, 0.6) is 0 Å². The Labute approximate surface area is 105 Å². The third kappa shape index (κ3) is 4.44. The Morgan fingerprint density at radius 2 is 2.12 bits per heavy atom. The second-order valence-corrected chi connectivity index (χ2v) is 4.38. The molecule has 0 radical (unpaired) electrons. The number of rotatable bonds is 7. The van der Waals surface area contributed by atoms with Crippen molar-refractivity contribution in [2.24, 2.45) is 0 Å². The molecule has 1 unspecified atom stereocenters. The minimum absolute atomic E-state index is 0.204. The van der Waals surface area contributed by atoms with E-state index in [-0.39, 0.29) is 6.04 Å². The van der Waals surface area contributed by atoms with Crippen LogP contribution in [0.2, 0.25) is 0 Å². The van der Waals surface area contributed by atoms with E-state index in [9.17, 15) is 0 Å². The first-order valence-electron chi connectivity index (χ1n) is 6.43. The zero-order valence-corrected chi connectivity index (χ0v) is 11.4. The first-order valence-corrected chi connectivity index (χ1v) is 6.43. The van der Waals surface area contributed by atoms with Gasteiger partial charge in [0.05, 0.1) is 18.3 Å². The zero-order chi connectivity index (χ0) is 12.7. The summed E-state index contributed by atoms with van der Waals surface area (Å²) >= 11 is 0. The maximum atomic E-state index is 5.53. The Balaban J connectivity index is 2.79. The summed E-state index contributed by atoms with van der Waals surface area (Å²) < 4.78 is 5.53. The third-order valence-electron chi connectivity index (χ3n) is 2.71. The van der Waals surface area contributed by atoms with Gasteiger partial charge in [-0.1, -0.05) is 13.0 Å². The van der Waals surface area contributed by atoms with Gasteiger partial charge in [-0.25, -0.2) is 0 Å². The Bertz CT molecular complexity index is 331. The molecule has 1 aromatic rings. The molecule has 0 aromatic carbocycles. The monoisotopic (exact) mass is 236 g/mol. The van der Waals surface area contributed by atoms with Crippen molar-refractivity contribution in [2.45, 2.75) is 40.2 Å². The van der Waals surface area contributed by atoms with Gasteiger partial charge in [0.1, 0.15) is 0 Å². The number of hydrogen-bond acceptors (Lipinski definition) is 3. The molecule has 3 heteroatoms. The second-order valence-electron chi connectivity index (χ2n) is 4.38. The number of pyridine rings is 1. The molecule has 1 heterocycles. The molecule has 1 atom stereocenters. The average Bonchev–Trinajstić information content (AvgIpc) is 2.30. The summed E-state index contributed by atoms with van der Waals surface area (Å²) in [6.45, 7) is 10.8. The number of aromatic nitrogens is 1. The smallest absolute Gasteiger partial charge is 0.0735 e. The van der Waals surface area contributed by atoms with E-state index in [1.54, 1.807) is 0 Å². The highest BCUT2D eigenvalue weighted by Crippen LogP contribution is 2.16. The summed E-state index contributed by atoms with van der Waals surface area (Å²) in [4.78, 5) is 4.54. The lowest BCUT2D eigenvalue weighted by Gasteiger charge is -2.19. The van der Waals surface area contributed by atoms with Crippen LogP contribution in [0, 0.1) is 13.8 Å². The summed E-state index contributed by atoms with van der Waals surface area (Å²) in [5, 5.41) is 3.49. The molecule has 96 valence electrons. The highest BCUT2D eigenvalue weighted by Gasteiger charge is 2.14. The van der Waals surface area contributed by atoms with E-state index in [1.165, 1.54) is 11.1 Å². The molecule has 1 N–H and O–H groups in total. The lowest BCUT2D eigenvalue weighted by Crippen LogP contribution is -2.28. The SMILES string of the molecule is CCCNC(COCC)c1ncc(C)cc1C. The van der Waals surface area contributed by atoms with Crippen molar-refractivity contribution >= 4 is 0 Å². The first-order chi connectivity index (χ1) is 8.19. The van der Waals surface area contributed by atoms with Gasteiger partial charge in [0, 0.05) is 12.8 Å². The fraction of sp³-hybridized carbons (Fsp3) is 0.643. The molecule has 0 saturated carbocycles. The van der Waals surface area contributed by atoms with Gasteiger partial charge in [-0.3, -0.25) is 4.98 Å². The van der Waals surface area contributed by atoms with Gasteiger partial charge >= 0.3 is 0 Å². The summed E-state index contributed by atoms with van der Waals surface area (Å²) in [6.07, 6.45) is 3.04. The van der Waals surface area contributed by atoms with Gasteiger partial charge in [-0.2, -0.15) is 0 Å². The molecule has 0 aliphatic rings. The normalized spacial score (nSPS) is 12.7. The van der Waals surface area contributed by atoms with Crippen LogP contribution in [-0.2, 0) is 4.74 Å².